The summed E-state index contributed by atoms with van der Waals surface area (Å²) < 4.78 is 1.96. The molecule has 31 heavy (non-hydrogen) atoms. The highest BCUT2D eigenvalue weighted by molar-refractivity contribution is 7.11. The van der Waals surface area contributed by atoms with Crippen LogP contribution in [-0.4, -0.2) is 45.8 Å². The number of nitrogens with zero attached hydrogens (tertiary/aromatic N) is 6. The zero-order valence-corrected chi connectivity index (χ0v) is 19.8. The van der Waals surface area contributed by atoms with Gasteiger partial charge in [-0.25, -0.2) is 9.98 Å². The first-order chi connectivity index (χ1) is 14.9. The fraction of sp³-hybridized carbons (Fsp3) is 0.455. The molecule has 0 atom stereocenters. The number of benzene rings is 1. The van der Waals surface area contributed by atoms with Crippen molar-refractivity contribution < 1.29 is 0 Å². The molecule has 0 unspecified atom stereocenters. The van der Waals surface area contributed by atoms with Crippen LogP contribution >= 0.6 is 11.3 Å². The van der Waals surface area contributed by atoms with Crippen molar-refractivity contribution in [2.45, 2.75) is 40.3 Å². The fourth-order valence-electron chi connectivity index (χ4n) is 3.15. The number of hydrogen-bond acceptors (Lipinski definition) is 6. The second kappa shape index (κ2) is 10.9. The van der Waals surface area contributed by atoms with Crippen LogP contribution in [0.25, 0.3) is 0 Å². The molecule has 0 aliphatic rings. The van der Waals surface area contributed by atoms with Gasteiger partial charge in [0.05, 0.1) is 17.2 Å². The second-order valence-electron chi connectivity index (χ2n) is 7.52. The fourth-order valence-corrected chi connectivity index (χ4v) is 4.03. The van der Waals surface area contributed by atoms with Gasteiger partial charge >= 0.3 is 0 Å². The van der Waals surface area contributed by atoms with Gasteiger partial charge in [0.15, 0.2) is 11.8 Å². The van der Waals surface area contributed by atoms with Crippen LogP contribution in [0.2, 0.25) is 0 Å². The van der Waals surface area contributed by atoms with Crippen molar-refractivity contribution in [1.82, 2.24) is 30.4 Å². The smallest absolute Gasteiger partial charge is 0.192 e. The van der Waals surface area contributed by atoms with Crippen molar-refractivity contribution >= 4 is 23.0 Å². The Morgan fingerprint density at radius 2 is 1.90 bits per heavy atom. The van der Waals surface area contributed by atoms with Crippen molar-refractivity contribution in [3.8, 4) is 0 Å². The Balaban J connectivity index is 1.57. The van der Waals surface area contributed by atoms with Crippen molar-refractivity contribution in [3.63, 3.8) is 0 Å². The second-order valence-corrected chi connectivity index (χ2v) is 8.81. The van der Waals surface area contributed by atoms with E-state index in [1.54, 1.807) is 11.3 Å². The topological polar surface area (TPSA) is 83.3 Å². The van der Waals surface area contributed by atoms with Crippen molar-refractivity contribution in [2.75, 3.05) is 25.0 Å². The first-order valence-electron chi connectivity index (χ1n) is 10.5. The van der Waals surface area contributed by atoms with Crippen LogP contribution in [-0.2, 0) is 20.1 Å². The van der Waals surface area contributed by atoms with Gasteiger partial charge in [0, 0.05) is 37.7 Å². The summed E-state index contributed by atoms with van der Waals surface area (Å²) in [5, 5.41) is 16.3. The summed E-state index contributed by atoms with van der Waals surface area (Å²) in [5.41, 5.74) is 2.30. The Morgan fingerprint density at radius 1 is 1.13 bits per heavy atom. The van der Waals surface area contributed by atoms with E-state index >= 15 is 0 Å². The molecule has 2 aromatic heterocycles. The number of thiazole rings is 1. The maximum atomic E-state index is 4.74. The van der Waals surface area contributed by atoms with Crippen LogP contribution < -0.4 is 15.5 Å². The van der Waals surface area contributed by atoms with Gasteiger partial charge in [-0.05, 0) is 39.3 Å². The number of anilines is 1. The lowest BCUT2D eigenvalue weighted by Gasteiger charge is -2.19. The molecule has 8 nitrogen and oxygen atoms in total. The summed E-state index contributed by atoms with van der Waals surface area (Å²) >= 11 is 1.72. The molecule has 0 radical (unpaired) electrons. The summed E-state index contributed by atoms with van der Waals surface area (Å²) in [6.07, 6.45) is 0.994. The maximum Gasteiger partial charge on any atom is 0.192 e. The van der Waals surface area contributed by atoms with Crippen LogP contribution in [0.3, 0.4) is 0 Å². The Bertz CT molecular complexity index is 992. The van der Waals surface area contributed by atoms with Gasteiger partial charge in [-0.1, -0.05) is 18.2 Å². The van der Waals surface area contributed by atoms with Crippen LogP contribution in [0.5, 0.6) is 0 Å². The number of aryl methyl sites for hydroxylation is 3. The third kappa shape index (κ3) is 6.52. The van der Waals surface area contributed by atoms with Gasteiger partial charge in [-0.3, -0.25) is 0 Å². The molecule has 0 fully saturated rings. The van der Waals surface area contributed by atoms with Crippen molar-refractivity contribution in [1.29, 1.82) is 0 Å². The first-order valence-corrected chi connectivity index (χ1v) is 11.3. The van der Waals surface area contributed by atoms with Crippen molar-refractivity contribution in [2.24, 2.45) is 12.0 Å². The molecule has 0 spiro atoms. The number of aliphatic imine (C=N–C) groups is 1. The van der Waals surface area contributed by atoms with Gasteiger partial charge in [-0.2, -0.15) is 0 Å². The molecule has 9 heteroatoms. The molecule has 2 heterocycles. The van der Waals surface area contributed by atoms with E-state index < -0.39 is 0 Å². The molecule has 166 valence electrons. The number of para-hydroxylation sites is 1. The molecule has 2 N–H and O–H groups in total. The number of rotatable bonds is 9. The lowest BCUT2D eigenvalue weighted by atomic mass is 10.3. The highest BCUT2D eigenvalue weighted by Gasteiger charge is 2.08. The molecule has 3 rings (SSSR count). The zero-order chi connectivity index (χ0) is 22.2. The molecule has 3 aromatic rings. The minimum Gasteiger partial charge on any atom is -0.375 e. The maximum absolute atomic E-state index is 4.74. The standard InChI is InChI=1S/C22H32N8S/c1-16-20(31-18(3)26-16)14-24-22(25-15-21-28-27-17(2)30(21)5)23-12-9-13-29(4)19-10-7-6-8-11-19/h6-8,10-11H,9,12-15H2,1-5H3,(H2,23,24,25). The summed E-state index contributed by atoms with van der Waals surface area (Å²) in [5.74, 6) is 2.49. The van der Waals surface area contributed by atoms with E-state index in [9.17, 15) is 0 Å². The van der Waals surface area contributed by atoms with E-state index in [0.717, 1.165) is 47.8 Å². The van der Waals surface area contributed by atoms with Crippen LogP contribution in [0.4, 0.5) is 5.69 Å². The van der Waals surface area contributed by atoms with E-state index in [0.29, 0.717) is 13.1 Å². The monoisotopic (exact) mass is 440 g/mol. The Hall–Kier alpha value is -2.94. The quantitative estimate of drug-likeness (QED) is 0.302. The molecule has 0 saturated carbocycles. The van der Waals surface area contributed by atoms with Crippen LogP contribution in [0.1, 0.15) is 33.6 Å². The summed E-state index contributed by atoms with van der Waals surface area (Å²) in [6, 6.07) is 10.4. The SMILES string of the molecule is Cc1nc(C)c(CNC(=NCc2nnc(C)n2C)NCCCN(C)c2ccccc2)s1. The van der Waals surface area contributed by atoms with Crippen molar-refractivity contribution in [3.05, 3.63) is 57.6 Å². The predicted octanol–water partition coefficient (Wildman–Crippen LogP) is 2.96. The molecule has 0 aliphatic carbocycles. The average Bonchev–Trinajstić information content (AvgIpc) is 3.27. The molecule has 0 amide bonds. The van der Waals surface area contributed by atoms with E-state index in [1.165, 1.54) is 10.6 Å². The molecular formula is C22H32N8S. The van der Waals surface area contributed by atoms with E-state index in [1.807, 2.05) is 38.5 Å². The Morgan fingerprint density at radius 3 is 2.55 bits per heavy atom. The highest BCUT2D eigenvalue weighted by Crippen LogP contribution is 2.16. The number of hydrogen-bond donors (Lipinski definition) is 2. The van der Waals surface area contributed by atoms with Crippen LogP contribution in [0.15, 0.2) is 35.3 Å². The zero-order valence-electron chi connectivity index (χ0n) is 19.0. The van der Waals surface area contributed by atoms with Gasteiger partial charge in [0.1, 0.15) is 12.4 Å². The number of nitrogens with one attached hydrogen (secondary N) is 2. The summed E-state index contributed by atoms with van der Waals surface area (Å²) in [7, 11) is 4.08. The number of guanidine groups is 1. The molecular weight excluding hydrogens is 408 g/mol. The van der Waals surface area contributed by atoms with E-state index in [-0.39, 0.29) is 0 Å². The lowest BCUT2D eigenvalue weighted by Crippen LogP contribution is -2.38. The summed E-state index contributed by atoms with van der Waals surface area (Å²) in [6.45, 7) is 8.97. The number of aromatic nitrogens is 4. The molecule has 1 aromatic carbocycles. The Labute approximate surface area is 188 Å². The largest absolute Gasteiger partial charge is 0.375 e. The van der Waals surface area contributed by atoms with Gasteiger partial charge in [0.25, 0.3) is 0 Å². The minimum absolute atomic E-state index is 0.470. The third-order valence-corrected chi connectivity index (χ3v) is 6.21. The van der Waals surface area contributed by atoms with Gasteiger partial charge in [0.2, 0.25) is 0 Å². The van der Waals surface area contributed by atoms with Gasteiger partial charge < -0.3 is 20.1 Å². The third-order valence-electron chi connectivity index (χ3n) is 5.14. The predicted molar refractivity (Wildman–Crippen MR) is 128 cm³/mol. The van der Waals surface area contributed by atoms with Gasteiger partial charge in [-0.15, -0.1) is 21.5 Å². The summed E-state index contributed by atoms with van der Waals surface area (Å²) in [4.78, 5) is 12.7. The van der Waals surface area contributed by atoms with E-state index in [4.69, 9.17) is 4.99 Å². The first kappa shape index (κ1) is 22.7. The molecule has 0 bridgehead atoms. The molecule has 0 saturated heterocycles. The Kier molecular flexibility index (Phi) is 8.00. The average molecular weight is 441 g/mol. The van der Waals surface area contributed by atoms with E-state index in [2.05, 4.69) is 62.0 Å². The van der Waals surface area contributed by atoms with Crippen LogP contribution in [0, 0.1) is 20.8 Å². The highest BCUT2D eigenvalue weighted by atomic mass is 32.1. The minimum atomic E-state index is 0.470. The normalized spacial score (nSPS) is 11.6. The molecule has 0 aliphatic heterocycles. The lowest BCUT2D eigenvalue weighted by molar-refractivity contribution is 0.717.